The van der Waals surface area contributed by atoms with Gasteiger partial charge in [0.25, 0.3) is 0 Å². The van der Waals surface area contributed by atoms with E-state index in [1.54, 1.807) is 41.5 Å². The van der Waals surface area contributed by atoms with Crippen LogP contribution < -0.4 is 4.90 Å². The molecule has 10 heteroatoms. The van der Waals surface area contributed by atoms with Gasteiger partial charge in [-0.1, -0.05) is 0 Å². The van der Waals surface area contributed by atoms with E-state index < -0.39 is 29.5 Å². The summed E-state index contributed by atoms with van der Waals surface area (Å²) in [4.78, 5) is 46.7. The van der Waals surface area contributed by atoms with Crippen LogP contribution in [0.25, 0.3) is 0 Å². The molecule has 28 heavy (non-hydrogen) atoms. The highest BCUT2D eigenvalue weighted by Gasteiger charge is 2.35. The van der Waals surface area contributed by atoms with Crippen LogP contribution in [0.1, 0.15) is 52.8 Å². The Morgan fingerprint density at radius 1 is 1.07 bits per heavy atom. The van der Waals surface area contributed by atoms with Crippen LogP contribution in [0, 0.1) is 0 Å². The lowest BCUT2D eigenvalue weighted by Gasteiger charge is -2.29. The van der Waals surface area contributed by atoms with Gasteiger partial charge in [0.15, 0.2) is 0 Å². The van der Waals surface area contributed by atoms with Crippen molar-refractivity contribution in [2.45, 2.75) is 65.7 Å². The van der Waals surface area contributed by atoms with Crippen LogP contribution in [0.2, 0.25) is 0 Å². The maximum atomic E-state index is 12.6. The van der Waals surface area contributed by atoms with Gasteiger partial charge in [-0.2, -0.15) is 0 Å². The molecule has 0 saturated heterocycles. The average Bonchev–Trinajstić information content (AvgIpc) is 2.50. The number of aromatic nitrogens is 2. The van der Waals surface area contributed by atoms with Gasteiger partial charge in [-0.15, -0.1) is 4.90 Å². The van der Waals surface area contributed by atoms with Gasteiger partial charge in [-0.05, 0) is 41.5 Å². The number of hydrogen-bond acceptors (Lipinski definition) is 7. The van der Waals surface area contributed by atoms with Crippen molar-refractivity contribution in [1.82, 2.24) is 14.9 Å². The Kier molecular flexibility index (Phi) is 5.81. The van der Waals surface area contributed by atoms with E-state index in [0.29, 0.717) is 22.6 Å². The zero-order valence-corrected chi connectivity index (χ0v) is 17.0. The first-order chi connectivity index (χ1) is 12.8. The van der Waals surface area contributed by atoms with E-state index in [9.17, 15) is 14.4 Å². The minimum Gasteiger partial charge on any atom is -0.465 e. The van der Waals surface area contributed by atoms with Gasteiger partial charge in [0.2, 0.25) is 5.95 Å². The first-order valence-electron chi connectivity index (χ1n) is 8.85. The Hall–Kier alpha value is -2.91. The van der Waals surface area contributed by atoms with Gasteiger partial charge < -0.3 is 19.5 Å². The van der Waals surface area contributed by atoms with Crippen molar-refractivity contribution in [3.8, 4) is 0 Å². The third kappa shape index (κ3) is 5.54. The lowest BCUT2D eigenvalue weighted by Crippen LogP contribution is -2.45. The number of ether oxygens (including phenoxy) is 2. The number of carbonyl (C=O) groups is 3. The largest absolute Gasteiger partial charge is 0.465 e. The smallest absolute Gasteiger partial charge is 0.427 e. The van der Waals surface area contributed by atoms with Crippen LogP contribution in [0.5, 0.6) is 0 Å². The minimum absolute atomic E-state index is 0.143. The summed E-state index contributed by atoms with van der Waals surface area (Å²) >= 11 is 0. The molecule has 0 aliphatic carbocycles. The Morgan fingerprint density at radius 2 is 1.61 bits per heavy atom. The summed E-state index contributed by atoms with van der Waals surface area (Å²) in [6.07, 6.45) is -1.18. The molecule has 0 bridgehead atoms. The lowest BCUT2D eigenvalue weighted by atomic mass is 10.1. The summed E-state index contributed by atoms with van der Waals surface area (Å²) in [5.41, 5.74) is -0.494. The number of nitrogens with zero attached hydrogens (tertiary/aromatic N) is 4. The lowest BCUT2D eigenvalue weighted by molar-refractivity contribution is 0.0427. The second-order valence-electron chi connectivity index (χ2n) is 8.39. The van der Waals surface area contributed by atoms with Gasteiger partial charge >= 0.3 is 18.3 Å². The van der Waals surface area contributed by atoms with Crippen molar-refractivity contribution in [1.29, 1.82) is 0 Å². The van der Waals surface area contributed by atoms with E-state index in [1.807, 2.05) is 0 Å². The molecule has 10 nitrogen and oxygen atoms in total. The number of fused-ring (bicyclic) bond motifs is 1. The molecule has 0 aromatic carbocycles. The van der Waals surface area contributed by atoms with Crippen LogP contribution in [0.3, 0.4) is 0 Å². The normalized spacial score (nSPS) is 14.1. The highest BCUT2D eigenvalue weighted by Crippen LogP contribution is 2.22. The number of amides is 3. The van der Waals surface area contributed by atoms with Crippen molar-refractivity contribution >= 4 is 24.2 Å². The highest BCUT2D eigenvalue weighted by atomic mass is 16.6. The Bertz CT molecular complexity index is 753. The van der Waals surface area contributed by atoms with E-state index in [1.165, 1.54) is 11.1 Å². The van der Waals surface area contributed by atoms with Gasteiger partial charge in [0.05, 0.1) is 12.2 Å². The fourth-order valence-corrected chi connectivity index (χ4v) is 2.43. The van der Waals surface area contributed by atoms with E-state index >= 15 is 0 Å². The van der Waals surface area contributed by atoms with Crippen LogP contribution in [0.4, 0.5) is 20.3 Å². The van der Waals surface area contributed by atoms with Crippen molar-refractivity contribution in [2.75, 3.05) is 11.4 Å². The Balaban J connectivity index is 2.37. The molecule has 1 aromatic rings. The van der Waals surface area contributed by atoms with Crippen molar-refractivity contribution < 1.29 is 29.0 Å². The summed E-state index contributed by atoms with van der Waals surface area (Å²) in [6, 6.07) is 0. The van der Waals surface area contributed by atoms with E-state index in [0.717, 1.165) is 0 Å². The predicted molar refractivity (Wildman–Crippen MR) is 99.1 cm³/mol. The van der Waals surface area contributed by atoms with E-state index in [-0.39, 0.29) is 19.0 Å². The molecule has 2 rings (SSSR count). The third-order valence-electron chi connectivity index (χ3n) is 3.54. The quantitative estimate of drug-likeness (QED) is 0.770. The van der Waals surface area contributed by atoms with Gasteiger partial charge in [0, 0.05) is 24.7 Å². The van der Waals surface area contributed by atoms with Gasteiger partial charge in [-0.25, -0.2) is 24.4 Å². The van der Waals surface area contributed by atoms with Crippen LogP contribution in [0.15, 0.2) is 6.20 Å². The molecular formula is C18H26N4O6. The fourth-order valence-electron chi connectivity index (χ4n) is 2.43. The predicted octanol–water partition coefficient (Wildman–Crippen LogP) is 3.19. The van der Waals surface area contributed by atoms with Crippen LogP contribution >= 0.6 is 0 Å². The summed E-state index contributed by atoms with van der Waals surface area (Å²) in [6.45, 7) is 10.4. The first-order valence-corrected chi connectivity index (χ1v) is 8.85. The third-order valence-corrected chi connectivity index (χ3v) is 3.54. The molecular weight excluding hydrogens is 368 g/mol. The Morgan fingerprint density at radius 3 is 2.07 bits per heavy atom. The Labute approximate surface area is 163 Å². The number of hydrogen-bond donors (Lipinski definition) is 1. The summed E-state index contributed by atoms with van der Waals surface area (Å²) in [5.74, 6) is -0.175. The highest BCUT2D eigenvalue weighted by molar-refractivity contribution is 6.08. The van der Waals surface area contributed by atoms with Crippen LogP contribution in [-0.4, -0.2) is 56.0 Å². The SMILES string of the molecule is CC(C)(C)OC(=O)N(C(=O)OC(C)(C)C)c1ncc2c(n1)CCN(C(=O)O)C2. The average molecular weight is 394 g/mol. The van der Waals surface area contributed by atoms with E-state index in [2.05, 4.69) is 9.97 Å². The molecule has 1 aromatic heterocycles. The molecule has 0 spiro atoms. The monoisotopic (exact) mass is 394 g/mol. The number of rotatable bonds is 1. The second-order valence-corrected chi connectivity index (χ2v) is 8.39. The van der Waals surface area contributed by atoms with Crippen molar-refractivity contribution in [3.05, 3.63) is 17.5 Å². The van der Waals surface area contributed by atoms with Crippen LogP contribution in [-0.2, 0) is 22.4 Å². The van der Waals surface area contributed by atoms with Crippen molar-refractivity contribution in [3.63, 3.8) is 0 Å². The number of carboxylic acid groups (broad SMARTS) is 1. The number of anilines is 1. The summed E-state index contributed by atoms with van der Waals surface area (Å²) in [5, 5.41) is 9.12. The first kappa shape index (κ1) is 21.4. The molecule has 3 amide bonds. The maximum Gasteiger partial charge on any atom is 0.427 e. The molecule has 1 aliphatic rings. The van der Waals surface area contributed by atoms with Crippen molar-refractivity contribution in [2.24, 2.45) is 0 Å². The zero-order valence-electron chi connectivity index (χ0n) is 17.0. The maximum absolute atomic E-state index is 12.6. The van der Waals surface area contributed by atoms with E-state index in [4.69, 9.17) is 14.6 Å². The summed E-state index contributed by atoms with van der Waals surface area (Å²) in [7, 11) is 0. The molecule has 0 atom stereocenters. The number of imide groups is 1. The molecule has 2 heterocycles. The molecule has 0 radical (unpaired) electrons. The molecule has 0 unspecified atom stereocenters. The molecule has 0 fully saturated rings. The zero-order chi connectivity index (χ0) is 21.3. The molecule has 1 aliphatic heterocycles. The number of carbonyl (C=O) groups excluding carboxylic acids is 2. The molecule has 0 saturated carbocycles. The van der Waals surface area contributed by atoms with Gasteiger partial charge in [0.1, 0.15) is 11.2 Å². The topological polar surface area (TPSA) is 122 Å². The fraction of sp³-hybridized carbons (Fsp3) is 0.611. The van der Waals surface area contributed by atoms with Gasteiger partial charge in [-0.3, -0.25) is 0 Å². The molecule has 154 valence electrons. The second kappa shape index (κ2) is 7.61. The molecule has 1 N–H and O–H groups in total. The standard InChI is InChI=1S/C18H26N4O6/c1-17(2,3)27-15(25)22(16(26)28-18(4,5)6)13-19-9-11-10-21(14(23)24)8-7-12(11)20-13/h9H,7-8,10H2,1-6H3,(H,23,24). The summed E-state index contributed by atoms with van der Waals surface area (Å²) < 4.78 is 10.6. The minimum atomic E-state index is -1.03.